The van der Waals surface area contributed by atoms with Crippen LogP contribution in [0.25, 0.3) is 0 Å². The molecule has 1 fully saturated rings. The van der Waals surface area contributed by atoms with Crippen molar-refractivity contribution < 1.29 is 9.53 Å². The summed E-state index contributed by atoms with van der Waals surface area (Å²) in [6.07, 6.45) is 0. The number of hydrogen-bond donors (Lipinski definition) is 0. The lowest BCUT2D eigenvalue weighted by molar-refractivity contribution is -0.131. The highest BCUT2D eigenvalue weighted by atomic mass is 16.5. The lowest BCUT2D eigenvalue weighted by atomic mass is 9.93. The molecule has 0 N–H and O–H groups in total. The number of benzene rings is 2. The van der Waals surface area contributed by atoms with E-state index in [1.165, 1.54) is 11.1 Å². The predicted octanol–water partition coefficient (Wildman–Crippen LogP) is 3.28. The van der Waals surface area contributed by atoms with Gasteiger partial charge in [0.15, 0.2) is 0 Å². The Morgan fingerprint density at radius 1 is 1.00 bits per heavy atom. The number of hydrogen-bond acceptors (Lipinski definition) is 3. The second kappa shape index (κ2) is 6.86. The van der Waals surface area contributed by atoms with E-state index in [9.17, 15) is 4.79 Å². The molecule has 2 aromatic rings. The van der Waals surface area contributed by atoms with Crippen molar-refractivity contribution in [3.05, 3.63) is 65.7 Å². The molecule has 0 saturated carbocycles. The summed E-state index contributed by atoms with van der Waals surface area (Å²) in [7, 11) is 0. The Morgan fingerprint density at radius 2 is 1.65 bits per heavy atom. The average Bonchev–Trinajstić information content (AvgIpc) is 3.08. The minimum Gasteiger partial charge on any atom is -0.379 e. The summed E-state index contributed by atoms with van der Waals surface area (Å²) in [5, 5.41) is 0. The van der Waals surface area contributed by atoms with Crippen LogP contribution in [0.2, 0.25) is 0 Å². The molecule has 1 unspecified atom stereocenters. The van der Waals surface area contributed by atoms with Gasteiger partial charge in [0, 0.05) is 31.2 Å². The molecule has 2 aliphatic rings. The van der Waals surface area contributed by atoms with Crippen LogP contribution in [0.5, 0.6) is 0 Å². The van der Waals surface area contributed by atoms with Gasteiger partial charge in [-0.1, -0.05) is 48.5 Å². The summed E-state index contributed by atoms with van der Waals surface area (Å²) in [5.41, 5.74) is 3.01. The van der Waals surface area contributed by atoms with E-state index < -0.39 is 5.54 Å². The van der Waals surface area contributed by atoms with Crippen LogP contribution < -0.4 is 4.90 Å². The predicted molar refractivity (Wildman–Crippen MR) is 104 cm³/mol. The number of para-hydroxylation sites is 1. The van der Waals surface area contributed by atoms with Gasteiger partial charge in [0.2, 0.25) is 5.91 Å². The number of anilines is 1. The third-order valence-electron chi connectivity index (χ3n) is 5.74. The van der Waals surface area contributed by atoms with Crippen molar-refractivity contribution in [1.82, 2.24) is 4.90 Å². The van der Waals surface area contributed by atoms with E-state index in [4.69, 9.17) is 4.74 Å². The zero-order valence-corrected chi connectivity index (χ0v) is 15.5. The van der Waals surface area contributed by atoms with Crippen molar-refractivity contribution >= 4 is 11.6 Å². The summed E-state index contributed by atoms with van der Waals surface area (Å²) in [4.78, 5) is 17.8. The number of rotatable bonds is 3. The first-order valence-electron chi connectivity index (χ1n) is 9.37. The molecule has 26 heavy (non-hydrogen) atoms. The van der Waals surface area contributed by atoms with E-state index in [1.54, 1.807) is 0 Å². The molecule has 2 heterocycles. The van der Waals surface area contributed by atoms with Gasteiger partial charge in [-0.05, 0) is 31.0 Å². The Hall–Kier alpha value is -2.17. The summed E-state index contributed by atoms with van der Waals surface area (Å²) in [5.74, 6) is 0.405. The molecule has 1 atom stereocenters. The molecule has 0 spiro atoms. The van der Waals surface area contributed by atoms with E-state index >= 15 is 0 Å². The van der Waals surface area contributed by atoms with Crippen LogP contribution >= 0.6 is 0 Å². The van der Waals surface area contributed by atoms with Crippen LogP contribution in [0, 0.1) is 0 Å². The molecule has 2 aliphatic heterocycles. The number of ether oxygens (including phenoxy) is 1. The van der Waals surface area contributed by atoms with Crippen LogP contribution in [-0.2, 0) is 9.53 Å². The molecule has 0 radical (unpaired) electrons. The normalized spacial score (nSPS) is 20.8. The highest BCUT2D eigenvalue weighted by Gasteiger charge is 2.42. The summed E-state index contributed by atoms with van der Waals surface area (Å²) in [6, 6.07) is 18.8. The van der Waals surface area contributed by atoms with Gasteiger partial charge in [-0.2, -0.15) is 0 Å². The molecule has 4 heteroatoms. The van der Waals surface area contributed by atoms with E-state index in [0.29, 0.717) is 19.8 Å². The monoisotopic (exact) mass is 350 g/mol. The van der Waals surface area contributed by atoms with Gasteiger partial charge < -0.3 is 9.64 Å². The van der Waals surface area contributed by atoms with E-state index in [1.807, 2.05) is 30.9 Å². The topological polar surface area (TPSA) is 32.8 Å². The van der Waals surface area contributed by atoms with Crippen molar-refractivity contribution in [3.8, 4) is 0 Å². The number of morpholine rings is 1. The second-order valence-corrected chi connectivity index (χ2v) is 7.60. The smallest absolute Gasteiger partial charge is 0.246 e. The Kier molecular flexibility index (Phi) is 4.55. The molecular weight excluding hydrogens is 324 g/mol. The average molecular weight is 350 g/mol. The molecule has 4 nitrogen and oxygen atoms in total. The van der Waals surface area contributed by atoms with E-state index in [-0.39, 0.29) is 11.8 Å². The molecule has 136 valence electrons. The Bertz CT molecular complexity index is 782. The van der Waals surface area contributed by atoms with Gasteiger partial charge in [-0.25, -0.2) is 0 Å². The van der Waals surface area contributed by atoms with Crippen LogP contribution in [0.3, 0.4) is 0 Å². The van der Waals surface area contributed by atoms with Gasteiger partial charge >= 0.3 is 0 Å². The van der Waals surface area contributed by atoms with Crippen molar-refractivity contribution in [2.75, 3.05) is 37.7 Å². The molecule has 0 aromatic heterocycles. The minimum absolute atomic E-state index is 0.172. The number of fused-ring (bicyclic) bond motifs is 1. The fourth-order valence-electron chi connectivity index (χ4n) is 4.16. The van der Waals surface area contributed by atoms with Crippen molar-refractivity contribution in [2.45, 2.75) is 25.3 Å². The van der Waals surface area contributed by atoms with Crippen LogP contribution in [-0.4, -0.2) is 49.2 Å². The fourth-order valence-corrected chi connectivity index (χ4v) is 4.16. The van der Waals surface area contributed by atoms with Crippen molar-refractivity contribution in [3.63, 3.8) is 0 Å². The van der Waals surface area contributed by atoms with E-state index in [0.717, 1.165) is 18.8 Å². The summed E-state index contributed by atoms with van der Waals surface area (Å²) in [6.45, 7) is 7.78. The number of nitrogens with zero attached hydrogens (tertiary/aromatic N) is 2. The zero-order valence-electron chi connectivity index (χ0n) is 15.5. The highest BCUT2D eigenvalue weighted by Crippen LogP contribution is 2.41. The molecule has 1 saturated heterocycles. The maximum Gasteiger partial charge on any atom is 0.246 e. The zero-order chi connectivity index (χ0) is 18.1. The summed E-state index contributed by atoms with van der Waals surface area (Å²) < 4.78 is 5.46. The summed E-state index contributed by atoms with van der Waals surface area (Å²) >= 11 is 0. The largest absolute Gasteiger partial charge is 0.379 e. The van der Waals surface area contributed by atoms with Crippen molar-refractivity contribution in [2.24, 2.45) is 0 Å². The number of carbonyl (C=O) groups excluding carboxylic acids is 1. The first-order chi connectivity index (χ1) is 12.6. The third kappa shape index (κ3) is 2.93. The lowest BCUT2D eigenvalue weighted by Crippen LogP contribution is -2.59. The van der Waals surface area contributed by atoms with Crippen LogP contribution in [0.1, 0.15) is 30.9 Å². The quantitative estimate of drug-likeness (QED) is 0.852. The standard InChI is InChI=1S/C22H26N2O2/c1-22(2,23-12-14-26-15-13-23)21(25)24-16-19(17-8-4-3-5-9-17)18-10-6-7-11-20(18)24/h3-11,19H,12-16H2,1-2H3. The van der Waals surface area contributed by atoms with Crippen molar-refractivity contribution in [1.29, 1.82) is 0 Å². The SMILES string of the molecule is CC(C)(C(=O)N1CC(c2ccccc2)c2ccccc21)N1CCOCC1. The molecule has 2 aromatic carbocycles. The fraction of sp³-hybridized carbons (Fsp3) is 0.409. The Labute approximate surface area is 155 Å². The van der Waals surface area contributed by atoms with Gasteiger partial charge in [-0.15, -0.1) is 0 Å². The molecule has 1 amide bonds. The maximum absolute atomic E-state index is 13.5. The molecule has 0 aliphatic carbocycles. The van der Waals surface area contributed by atoms with Gasteiger partial charge in [0.05, 0.1) is 18.8 Å². The lowest BCUT2D eigenvalue weighted by Gasteiger charge is -2.41. The molecule has 0 bridgehead atoms. The first kappa shape index (κ1) is 17.3. The molecule has 4 rings (SSSR count). The molecular formula is C22H26N2O2. The number of carbonyl (C=O) groups is 1. The van der Waals surface area contributed by atoms with Crippen LogP contribution in [0.15, 0.2) is 54.6 Å². The number of amides is 1. The second-order valence-electron chi connectivity index (χ2n) is 7.60. The first-order valence-corrected chi connectivity index (χ1v) is 9.37. The Morgan fingerprint density at radius 3 is 2.38 bits per heavy atom. The third-order valence-corrected chi connectivity index (χ3v) is 5.74. The Balaban J connectivity index is 1.66. The maximum atomic E-state index is 13.5. The van der Waals surface area contributed by atoms with E-state index in [2.05, 4.69) is 47.4 Å². The van der Waals surface area contributed by atoms with Gasteiger partial charge in [0.1, 0.15) is 0 Å². The van der Waals surface area contributed by atoms with Gasteiger partial charge in [0.25, 0.3) is 0 Å². The van der Waals surface area contributed by atoms with Crippen LogP contribution in [0.4, 0.5) is 5.69 Å². The highest BCUT2D eigenvalue weighted by molar-refractivity contribution is 6.01. The van der Waals surface area contributed by atoms with Gasteiger partial charge in [-0.3, -0.25) is 9.69 Å². The minimum atomic E-state index is -0.539.